The van der Waals surface area contributed by atoms with Gasteiger partial charge in [0.1, 0.15) is 12.0 Å². The van der Waals surface area contributed by atoms with Gasteiger partial charge in [-0.05, 0) is 49.6 Å². The second-order valence-corrected chi connectivity index (χ2v) is 10.9. The molecule has 2 aliphatic rings. The minimum Gasteiger partial charge on any atom is -0.481 e. The maximum Gasteiger partial charge on any atom is 0.306 e. The zero-order chi connectivity index (χ0) is 27.1. The van der Waals surface area contributed by atoms with E-state index in [1.165, 1.54) is 36.4 Å². The van der Waals surface area contributed by atoms with Crippen molar-refractivity contribution in [3.8, 4) is 0 Å². The van der Waals surface area contributed by atoms with Crippen molar-refractivity contribution in [2.45, 2.75) is 42.8 Å². The molecule has 38 heavy (non-hydrogen) atoms. The highest BCUT2D eigenvalue weighted by atomic mass is 32.2. The predicted octanol–water partition coefficient (Wildman–Crippen LogP) is 1.24. The number of hydrogen-bond acceptors (Lipinski definition) is 8. The van der Waals surface area contributed by atoms with Gasteiger partial charge in [0.05, 0.1) is 17.0 Å². The Kier molecular flexibility index (Phi) is 8.79. The first-order valence-corrected chi connectivity index (χ1v) is 13.9. The van der Waals surface area contributed by atoms with Crippen LogP contribution in [-0.4, -0.2) is 69.7 Å². The van der Waals surface area contributed by atoms with Crippen LogP contribution in [0.5, 0.6) is 0 Å². The van der Waals surface area contributed by atoms with Crippen molar-refractivity contribution >= 4 is 33.5 Å². The van der Waals surface area contributed by atoms with Crippen molar-refractivity contribution in [3.63, 3.8) is 0 Å². The molecule has 11 nitrogen and oxygen atoms in total. The molecular weight excluding hydrogens is 515 g/mol. The number of carboxylic acid groups (broad SMARTS) is 1. The SMILES string of the molecule is O=C(O)CC(NC(=O)c1ccc(N2CCC(NC3=NCCCN3)CC2)c(F)c1)NS(=O)(=O)c1ccccc1. The van der Waals surface area contributed by atoms with E-state index in [4.69, 9.17) is 0 Å². The second-order valence-electron chi connectivity index (χ2n) is 9.14. The van der Waals surface area contributed by atoms with Crippen LogP contribution in [0.4, 0.5) is 10.1 Å². The van der Waals surface area contributed by atoms with Gasteiger partial charge >= 0.3 is 5.97 Å². The summed E-state index contributed by atoms with van der Waals surface area (Å²) >= 11 is 0. The summed E-state index contributed by atoms with van der Waals surface area (Å²) in [5.41, 5.74) is 0.304. The van der Waals surface area contributed by atoms with Gasteiger partial charge in [-0.25, -0.2) is 12.8 Å². The first-order valence-electron chi connectivity index (χ1n) is 12.4. The molecule has 1 atom stereocenters. The largest absolute Gasteiger partial charge is 0.481 e. The van der Waals surface area contributed by atoms with Crippen LogP contribution in [0.2, 0.25) is 0 Å². The van der Waals surface area contributed by atoms with E-state index < -0.39 is 40.3 Å². The number of guanidine groups is 1. The van der Waals surface area contributed by atoms with E-state index in [1.54, 1.807) is 6.07 Å². The molecular formula is C25H31FN6O5S. The van der Waals surface area contributed by atoms with Crippen LogP contribution in [0.3, 0.4) is 0 Å². The van der Waals surface area contributed by atoms with Gasteiger partial charge < -0.3 is 26.0 Å². The van der Waals surface area contributed by atoms with Crippen LogP contribution < -0.4 is 25.6 Å². The van der Waals surface area contributed by atoms with Crippen LogP contribution in [0.15, 0.2) is 58.4 Å². The zero-order valence-corrected chi connectivity index (χ0v) is 21.5. The summed E-state index contributed by atoms with van der Waals surface area (Å²) in [4.78, 5) is 30.3. The topological polar surface area (TPSA) is 152 Å². The maximum atomic E-state index is 15.0. The minimum absolute atomic E-state index is 0.0570. The number of carbonyl (C=O) groups is 2. The Balaban J connectivity index is 1.38. The molecule has 2 aromatic carbocycles. The Morgan fingerprint density at radius 1 is 1.16 bits per heavy atom. The number of hydrogen-bond donors (Lipinski definition) is 5. The van der Waals surface area contributed by atoms with Crippen LogP contribution in [0, 0.1) is 5.82 Å². The summed E-state index contributed by atoms with van der Waals surface area (Å²) in [5.74, 6) is -1.91. The van der Waals surface area contributed by atoms with Gasteiger partial charge in [-0.3, -0.25) is 14.6 Å². The van der Waals surface area contributed by atoms with Crippen molar-refractivity contribution < 1.29 is 27.5 Å². The number of nitrogens with zero attached hydrogens (tertiary/aromatic N) is 2. The molecule has 2 heterocycles. The molecule has 5 N–H and O–H groups in total. The number of amides is 1. The summed E-state index contributed by atoms with van der Waals surface area (Å²) in [7, 11) is -4.10. The molecule has 4 rings (SSSR count). The van der Waals surface area contributed by atoms with E-state index in [0.717, 1.165) is 44.4 Å². The lowest BCUT2D eigenvalue weighted by atomic mass is 10.0. The van der Waals surface area contributed by atoms with Crippen LogP contribution >= 0.6 is 0 Å². The number of aliphatic carboxylic acids is 1. The average molecular weight is 547 g/mol. The number of rotatable bonds is 9. The van der Waals surface area contributed by atoms with E-state index in [-0.39, 0.29) is 16.5 Å². The Morgan fingerprint density at radius 2 is 1.89 bits per heavy atom. The molecule has 2 aliphatic heterocycles. The van der Waals surface area contributed by atoms with Gasteiger partial charge in [-0.15, -0.1) is 0 Å². The highest BCUT2D eigenvalue weighted by molar-refractivity contribution is 7.89. The highest BCUT2D eigenvalue weighted by Gasteiger charge is 2.26. The molecule has 0 bridgehead atoms. The van der Waals surface area contributed by atoms with Gasteiger partial charge in [0.25, 0.3) is 5.91 Å². The fourth-order valence-corrected chi connectivity index (χ4v) is 5.55. The molecule has 1 unspecified atom stereocenters. The van der Waals surface area contributed by atoms with Crippen LogP contribution in [0.25, 0.3) is 0 Å². The smallest absolute Gasteiger partial charge is 0.306 e. The highest BCUT2D eigenvalue weighted by Crippen LogP contribution is 2.24. The normalized spacial score (nSPS) is 17.2. The van der Waals surface area contributed by atoms with Crippen molar-refractivity contribution in [1.82, 2.24) is 20.7 Å². The lowest BCUT2D eigenvalue weighted by Gasteiger charge is -2.35. The molecule has 0 saturated carbocycles. The zero-order valence-electron chi connectivity index (χ0n) is 20.7. The van der Waals surface area contributed by atoms with Gasteiger partial charge in [0, 0.05) is 37.8 Å². The second kappa shape index (κ2) is 12.2. The lowest BCUT2D eigenvalue weighted by Crippen LogP contribution is -2.50. The monoisotopic (exact) mass is 546 g/mol. The first-order chi connectivity index (χ1) is 18.2. The molecule has 1 saturated heterocycles. The number of nitrogens with one attached hydrogen (secondary N) is 4. The van der Waals surface area contributed by atoms with Gasteiger partial charge in [-0.1, -0.05) is 18.2 Å². The third-order valence-corrected chi connectivity index (χ3v) is 7.81. The van der Waals surface area contributed by atoms with E-state index in [2.05, 4.69) is 25.7 Å². The van der Waals surface area contributed by atoms with Crippen LogP contribution in [0.1, 0.15) is 36.0 Å². The fourth-order valence-electron chi connectivity index (χ4n) is 4.39. The third kappa shape index (κ3) is 7.19. The van der Waals surface area contributed by atoms with E-state index in [0.29, 0.717) is 18.8 Å². The number of aliphatic imine (C=N–C) groups is 1. The molecule has 1 fully saturated rings. The predicted molar refractivity (Wildman–Crippen MR) is 140 cm³/mol. The van der Waals surface area contributed by atoms with Crippen LogP contribution in [-0.2, 0) is 14.8 Å². The summed E-state index contributed by atoms with van der Waals surface area (Å²) in [6.45, 7) is 2.94. The van der Waals surface area contributed by atoms with Gasteiger partial charge in [-0.2, -0.15) is 4.72 Å². The third-order valence-electron chi connectivity index (χ3n) is 6.32. The lowest BCUT2D eigenvalue weighted by molar-refractivity contribution is -0.137. The molecule has 0 spiro atoms. The Bertz CT molecular complexity index is 1280. The number of piperidine rings is 1. The van der Waals surface area contributed by atoms with Crippen molar-refractivity contribution in [2.75, 3.05) is 31.1 Å². The average Bonchev–Trinajstić information content (AvgIpc) is 2.89. The molecule has 1 amide bonds. The minimum atomic E-state index is -4.10. The standard InChI is InChI=1S/C25H31FN6O5S/c26-20-15-17(7-8-21(20)32-13-9-18(10-14-32)29-25-27-11-4-12-28-25)24(35)30-22(16-23(33)34)31-38(36,37)19-5-2-1-3-6-19/h1-3,5-8,15,18,22,31H,4,9-14,16H2,(H,30,35)(H,33,34)(H2,27,28,29). The Morgan fingerprint density at radius 3 is 2.53 bits per heavy atom. The van der Waals surface area contributed by atoms with E-state index in [9.17, 15) is 23.1 Å². The Hall–Kier alpha value is -3.71. The number of anilines is 1. The van der Waals surface area contributed by atoms with Crippen molar-refractivity contribution in [1.29, 1.82) is 0 Å². The Labute approximate surface area is 220 Å². The number of carbonyl (C=O) groups excluding carboxylic acids is 1. The summed E-state index contributed by atoms with van der Waals surface area (Å²) in [6.07, 6.45) is 0.452. The molecule has 0 radical (unpaired) electrons. The van der Waals surface area contributed by atoms with Crippen molar-refractivity contribution in [2.24, 2.45) is 4.99 Å². The molecule has 0 aliphatic carbocycles. The number of carboxylic acids is 1. The van der Waals surface area contributed by atoms with Crippen molar-refractivity contribution in [3.05, 3.63) is 59.9 Å². The summed E-state index contributed by atoms with van der Waals surface area (Å²) in [5, 5.41) is 18.2. The van der Waals surface area contributed by atoms with E-state index >= 15 is 4.39 Å². The quantitative estimate of drug-likeness (QED) is 0.295. The van der Waals surface area contributed by atoms with Gasteiger partial charge in [0.2, 0.25) is 10.0 Å². The summed E-state index contributed by atoms with van der Waals surface area (Å²) < 4.78 is 42.5. The molecule has 2 aromatic rings. The first kappa shape index (κ1) is 27.3. The van der Waals surface area contributed by atoms with E-state index in [1.807, 2.05) is 4.90 Å². The number of sulfonamides is 1. The number of benzene rings is 2. The molecule has 204 valence electrons. The molecule has 13 heteroatoms. The van der Waals surface area contributed by atoms with Gasteiger partial charge in [0.15, 0.2) is 5.96 Å². The summed E-state index contributed by atoms with van der Waals surface area (Å²) in [6, 6.07) is 11.6. The number of halogens is 1. The molecule has 0 aromatic heterocycles. The fraction of sp³-hybridized carbons (Fsp3) is 0.400. The maximum absolute atomic E-state index is 15.0.